The lowest BCUT2D eigenvalue weighted by Crippen LogP contribution is -2.55. The van der Waals surface area contributed by atoms with Crippen LogP contribution in [0.3, 0.4) is 0 Å². The summed E-state index contributed by atoms with van der Waals surface area (Å²) in [5.41, 5.74) is -0.301. The molecular weight excluding hydrogens is 335 g/mol. The highest BCUT2D eigenvalue weighted by Crippen LogP contribution is 2.36. The maximum absolute atomic E-state index is 12.5. The van der Waals surface area contributed by atoms with Crippen molar-refractivity contribution >= 4 is 5.97 Å². The number of piperidine rings is 1. The summed E-state index contributed by atoms with van der Waals surface area (Å²) >= 11 is 0. The van der Waals surface area contributed by atoms with Crippen LogP contribution in [0.2, 0.25) is 0 Å². The number of carboxylic acids is 1. The zero-order valence-electron chi connectivity index (χ0n) is 14.2. The van der Waals surface area contributed by atoms with E-state index in [1.807, 2.05) is 11.8 Å². The van der Waals surface area contributed by atoms with E-state index in [9.17, 15) is 28.2 Å². The molecule has 1 aliphatic rings. The minimum Gasteiger partial charge on any atom is -0.481 e. The minimum absolute atomic E-state index is 0.195. The molecule has 0 radical (unpaired) electrons. The summed E-state index contributed by atoms with van der Waals surface area (Å²) in [7, 11) is 0. The van der Waals surface area contributed by atoms with Crippen molar-refractivity contribution in [3.05, 3.63) is 35.4 Å². The number of carbonyl (C=O) groups is 1. The van der Waals surface area contributed by atoms with Crippen molar-refractivity contribution in [3.8, 4) is 0 Å². The van der Waals surface area contributed by atoms with Crippen LogP contribution >= 0.6 is 0 Å². The molecule has 0 aromatic heterocycles. The summed E-state index contributed by atoms with van der Waals surface area (Å²) < 4.78 is 37.6. The van der Waals surface area contributed by atoms with Crippen LogP contribution in [0.5, 0.6) is 0 Å². The van der Waals surface area contributed by atoms with Crippen LogP contribution in [0, 0.1) is 5.41 Å². The molecule has 1 aliphatic heterocycles. The molecule has 1 fully saturated rings. The van der Waals surface area contributed by atoms with Gasteiger partial charge in [-0.05, 0) is 24.0 Å². The fourth-order valence-electron chi connectivity index (χ4n) is 3.64. The van der Waals surface area contributed by atoms with Gasteiger partial charge in [-0.25, -0.2) is 0 Å². The highest BCUT2D eigenvalue weighted by atomic mass is 19.4. The van der Waals surface area contributed by atoms with Gasteiger partial charge < -0.3 is 10.2 Å². The van der Waals surface area contributed by atoms with Crippen molar-refractivity contribution in [1.82, 2.24) is 4.90 Å². The van der Waals surface area contributed by atoms with Gasteiger partial charge in [0.2, 0.25) is 0 Å². The number of hydrogen-bond donors (Lipinski definition) is 2. The number of hydrogen-bond acceptors (Lipinski definition) is 3. The van der Waals surface area contributed by atoms with Crippen molar-refractivity contribution in [3.63, 3.8) is 0 Å². The van der Waals surface area contributed by atoms with Crippen LogP contribution in [-0.2, 0) is 17.8 Å². The standard InChI is InChI=1S/C18H24F3NO3/c1-2-7-17(16(24)25)12-22(8-6-15(17)23)11-14-5-3-4-13(9-14)10-18(19,20)21/h3-5,9,15,23H,2,6-8,10-12H2,1H3,(H,24,25)/t15-,17-/m1/s1. The third-order valence-corrected chi connectivity index (χ3v) is 4.79. The molecule has 1 saturated heterocycles. The first-order valence-electron chi connectivity index (χ1n) is 8.44. The van der Waals surface area contributed by atoms with E-state index in [4.69, 9.17) is 0 Å². The Morgan fingerprint density at radius 2 is 2.04 bits per heavy atom. The fourth-order valence-corrected chi connectivity index (χ4v) is 3.64. The Hall–Kier alpha value is -1.60. The van der Waals surface area contributed by atoms with E-state index in [0.29, 0.717) is 37.9 Å². The van der Waals surface area contributed by atoms with Crippen LogP contribution < -0.4 is 0 Å². The molecule has 7 heteroatoms. The van der Waals surface area contributed by atoms with Crippen molar-refractivity contribution in [1.29, 1.82) is 0 Å². The van der Waals surface area contributed by atoms with Crippen molar-refractivity contribution in [2.75, 3.05) is 13.1 Å². The third-order valence-electron chi connectivity index (χ3n) is 4.79. The van der Waals surface area contributed by atoms with Gasteiger partial charge in [0.15, 0.2) is 0 Å². The molecule has 1 aromatic carbocycles. The Morgan fingerprint density at radius 3 is 2.64 bits per heavy atom. The Labute approximate surface area is 145 Å². The molecule has 2 N–H and O–H groups in total. The Morgan fingerprint density at radius 1 is 1.36 bits per heavy atom. The molecule has 0 unspecified atom stereocenters. The Kier molecular flexibility index (Phi) is 6.11. The SMILES string of the molecule is CCC[C@@]1(C(=O)O)CN(Cc2cccc(CC(F)(F)F)c2)CC[C@H]1O. The summed E-state index contributed by atoms with van der Waals surface area (Å²) in [6.45, 7) is 2.96. The molecule has 0 spiro atoms. The lowest BCUT2D eigenvalue weighted by atomic mass is 9.74. The van der Waals surface area contributed by atoms with Crippen LogP contribution in [0.15, 0.2) is 24.3 Å². The second kappa shape index (κ2) is 7.74. The van der Waals surface area contributed by atoms with E-state index in [2.05, 4.69) is 0 Å². The first kappa shape index (κ1) is 19.7. The van der Waals surface area contributed by atoms with Gasteiger partial charge in [0.1, 0.15) is 5.41 Å². The molecule has 2 rings (SSSR count). The smallest absolute Gasteiger partial charge is 0.393 e. The molecule has 0 saturated carbocycles. The number of aliphatic hydroxyl groups is 1. The van der Waals surface area contributed by atoms with Crippen molar-refractivity contribution < 1.29 is 28.2 Å². The highest BCUT2D eigenvalue weighted by molar-refractivity contribution is 5.76. The van der Waals surface area contributed by atoms with E-state index in [1.165, 1.54) is 12.1 Å². The van der Waals surface area contributed by atoms with Gasteiger partial charge in [-0.1, -0.05) is 37.6 Å². The topological polar surface area (TPSA) is 60.8 Å². The van der Waals surface area contributed by atoms with E-state index < -0.39 is 30.1 Å². The Bertz CT molecular complexity index is 605. The lowest BCUT2D eigenvalue weighted by Gasteiger charge is -2.43. The number of nitrogens with zero attached hydrogens (tertiary/aromatic N) is 1. The summed E-state index contributed by atoms with van der Waals surface area (Å²) in [6.07, 6.45) is -4.79. The average Bonchev–Trinajstić information content (AvgIpc) is 2.49. The minimum atomic E-state index is -4.26. The monoisotopic (exact) mass is 359 g/mol. The molecule has 2 atom stereocenters. The number of aliphatic hydroxyl groups excluding tert-OH is 1. The number of likely N-dealkylation sites (tertiary alicyclic amines) is 1. The molecule has 4 nitrogen and oxygen atoms in total. The number of rotatable bonds is 6. The number of aliphatic carboxylic acids is 1. The van der Waals surface area contributed by atoms with Gasteiger partial charge in [0.25, 0.3) is 0 Å². The zero-order chi connectivity index (χ0) is 18.7. The maximum atomic E-state index is 12.5. The summed E-state index contributed by atoms with van der Waals surface area (Å²) in [5.74, 6) is -1.02. The molecule has 0 bridgehead atoms. The normalized spacial score (nSPS) is 25.1. The molecular formula is C18H24F3NO3. The largest absolute Gasteiger partial charge is 0.481 e. The van der Waals surface area contributed by atoms with Crippen molar-refractivity contribution in [2.45, 2.75) is 51.4 Å². The van der Waals surface area contributed by atoms with Gasteiger partial charge >= 0.3 is 12.1 Å². The maximum Gasteiger partial charge on any atom is 0.393 e. The third kappa shape index (κ3) is 4.95. The number of halogens is 3. The zero-order valence-corrected chi connectivity index (χ0v) is 14.2. The van der Waals surface area contributed by atoms with Crippen LogP contribution in [-0.4, -0.2) is 46.5 Å². The fraction of sp³-hybridized carbons (Fsp3) is 0.611. The van der Waals surface area contributed by atoms with Crippen LogP contribution in [0.25, 0.3) is 0 Å². The van der Waals surface area contributed by atoms with Gasteiger partial charge in [0.05, 0.1) is 12.5 Å². The van der Waals surface area contributed by atoms with E-state index in [-0.39, 0.29) is 12.1 Å². The van der Waals surface area contributed by atoms with Gasteiger partial charge in [-0.3, -0.25) is 9.69 Å². The van der Waals surface area contributed by atoms with Gasteiger partial charge in [-0.15, -0.1) is 0 Å². The molecule has 140 valence electrons. The number of benzene rings is 1. The van der Waals surface area contributed by atoms with Gasteiger partial charge in [-0.2, -0.15) is 13.2 Å². The number of carboxylic acid groups (broad SMARTS) is 1. The molecule has 25 heavy (non-hydrogen) atoms. The summed E-state index contributed by atoms with van der Waals surface area (Å²) in [6, 6.07) is 6.29. The second-order valence-corrected chi connectivity index (χ2v) is 6.84. The predicted molar refractivity (Wildman–Crippen MR) is 87.1 cm³/mol. The van der Waals surface area contributed by atoms with Crippen LogP contribution in [0.4, 0.5) is 13.2 Å². The highest BCUT2D eigenvalue weighted by Gasteiger charge is 2.48. The molecule has 0 amide bonds. The molecule has 1 heterocycles. The molecule has 1 aromatic rings. The Balaban J connectivity index is 2.12. The number of alkyl halides is 3. The van der Waals surface area contributed by atoms with E-state index in [1.54, 1.807) is 12.1 Å². The first-order chi connectivity index (χ1) is 11.7. The lowest BCUT2D eigenvalue weighted by molar-refractivity contribution is -0.164. The molecule has 0 aliphatic carbocycles. The summed E-state index contributed by atoms with van der Waals surface area (Å²) in [5, 5.41) is 19.9. The predicted octanol–water partition coefficient (Wildman–Crippen LogP) is 3.23. The summed E-state index contributed by atoms with van der Waals surface area (Å²) in [4.78, 5) is 13.7. The quantitative estimate of drug-likeness (QED) is 0.819. The van der Waals surface area contributed by atoms with Crippen LogP contribution in [0.1, 0.15) is 37.3 Å². The second-order valence-electron chi connectivity index (χ2n) is 6.84. The first-order valence-corrected chi connectivity index (χ1v) is 8.44. The van der Waals surface area contributed by atoms with Gasteiger partial charge in [0, 0.05) is 19.6 Å². The van der Waals surface area contributed by atoms with E-state index >= 15 is 0 Å². The van der Waals surface area contributed by atoms with Crippen molar-refractivity contribution in [2.24, 2.45) is 5.41 Å². The average molecular weight is 359 g/mol. The van der Waals surface area contributed by atoms with E-state index in [0.717, 1.165) is 0 Å².